The maximum atomic E-state index is 12.3. The van der Waals surface area contributed by atoms with Crippen LogP contribution in [0.1, 0.15) is 22.8 Å². The van der Waals surface area contributed by atoms with Crippen molar-refractivity contribution in [1.29, 1.82) is 0 Å². The first-order valence-corrected chi connectivity index (χ1v) is 11.6. The zero-order valence-corrected chi connectivity index (χ0v) is 18.9. The van der Waals surface area contributed by atoms with E-state index >= 15 is 0 Å². The van der Waals surface area contributed by atoms with Crippen molar-refractivity contribution in [2.45, 2.75) is 13.3 Å². The number of hydrogen-bond donors (Lipinski definition) is 1. The summed E-state index contributed by atoms with van der Waals surface area (Å²) in [5.74, 6) is -0.0303. The minimum Gasteiger partial charge on any atom is -0.351 e. The fourth-order valence-electron chi connectivity index (χ4n) is 3.65. The van der Waals surface area contributed by atoms with E-state index in [0.717, 1.165) is 54.3 Å². The van der Waals surface area contributed by atoms with Gasteiger partial charge in [0.05, 0.1) is 15.8 Å². The van der Waals surface area contributed by atoms with Gasteiger partial charge in [-0.3, -0.25) is 9.69 Å². The highest BCUT2D eigenvalue weighted by molar-refractivity contribution is 9.10. The van der Waals surface area contributed by atoms with Gasteiger partial charge < -0.3 is 10.2 Å². The molecular formula is C22H25BrN4OS. The monoisotopic (exact) mass is 472 g/mol. The Balaban J connectivity index is 1.28. The molecule has 3 aromatic rings. The number of para-hydroxylation sites is 1. The van der Waals surface area contributed by atoms with Gasteiger partial charge in [-0.05, 0) is 46.1 Å². The predicted molar refractivity (Wildman–Crippen MR) is 124 cm³/mol. The van der Waals surface area contributed by atoms with Crippen molar-refractivity contribution in [3.8, 4) is 0 Å². The van der Waals surface area contributed by atoms with Crippen molar-refractivity contribution in [1.82, 2.24) is 15.2 Å². The Morgan fingerprint density at radius 3 is 2.69 bits per heavy atom. The van der Waals surface area contributed by atoms with Gasteiger partial charge in [0.2, 0.25) is 0 Å². The molecule has 0 radical (unpaired) electrons. The fraction of sp³-hybridized carbons (Fsp3) is 0.364. The van der Waals surface area contributed by atoms with Crippen LogP contribution in [0.2, 0.25) is 0 Å². The average Bonchev–Trinajstić information content (AvgIpc) is 3.19. The van der Waals surface area contributed by atoms with Crippen molar-refractivity contribution < 1.29 is 4.79 Å². The number of aryl methyl sites for hydroxylation is 1. The molecule has 0 bridgehead atoms. The SMILES string of the molecule is CCc1cccc2sc(N3CCN(CCNC(=O)c4ccccc4Br)CC3)nc12. The lowest BCUT2D eigenvalue weighted by Gasteiger charge is -2.34. The summed E-state index contributed by atoms with van der Waals surface area (Å²) in [5.41, 5.74) is 3.16. The molecule has 0 spiro atoms. The largest absolute Gasteiger partial charge is 0.351 e. The van der Waals surface area contributed by atoms with Gasteiger partial charge in [0.1, 0.15) is 0 Å². The van der Waals surface area contributed by atoms with Gasteiger partial charge >= 0.3 is 0 Å². The van der Waals surface area contributed by atoms with E-state index in [1.807, 2.05) is 24.3 Å². The van der Waals surface area contributed by atoms with E-state index in [4.69, 9.17) is 4.98 Å². The molecule has 2 aromatic carbocycles. The van der Waals surface area contributed by atoms with Gasteiger partial charge in [0.25, 0.3) is 5.91 Å². The van der Waals surface area contributed by atoms with Crippen molar-refractivity contribution in [2.24, 2.45) is 0 Å². The Labute approximate surface area is 183 Å². The molecule has 1 aliphatic rings. The molecule has 2 heterocycles. The zero-order chi connectivity index (χ0) is 20.2. The highest BCUT2D eigenvalue weighted by Crippen LogP contribution is 2.31. The van der Waals surface area contributed by atoms with Gasteiger partial charge in [0.15, 0.2) is 5.13 Å². The van der Waals surface area contributed by atoms with Gasteiger partial charge in [-0.1, -0.05) is 42.5 Å². The number of aromatic nitrogens is 1. The van der Waals surface area contributed by atoms with Crippen molar-refractivity contribution in [3.63, 3.8) is 0 Å². The number of carbonyl (C=O) groups is 1. The van der Waals surface area contributed by atoms with Gasteiger partial charge in [-0.15, -0.1) is 0 Å². The molecule has 0 saturated carbocycles. The van der Waals surface area contributed by atoms with Crippen LogP contribution in [0.3, 0.4) is 0 Å². The lowest BCUT2D eigenvalue weighted by atomic mass is 10.1. The van der Waals surface area contributed by atoms with Crippen LogP contribution in [0.25, 0.3) is 10.2 Å². The van der Waals surface area contributed by atoms with Crippen LogP contribution in [0, 0.1) is 0 Å². The van der Waals surface area contributed by atoms with Crippen LogP contribution in [0.4, 0.5) is 5.13 Å². The van der Waals surface area contributed by atoms with E-state index in [1.54, 1.807) is 11.3 Å². The second kappa shape index (κ2) is 9.24. The molecule has 1 saturated heterocycles. The van der Waals surface area contributed by atoms with E-state index in [0.29, 0.717) is 12.1 Å². The first kappa shape index (κ1) is 20.3. The molecule has 1 aliphatic heterocycles. The number of rotatable bonds is 6. The maximum absolute atomic E-state index is 12.3. The lowest BCUT2D eigenvalue weighted by molar-refractivity contribution is 0.0947. The van der Waals surface area contributed by atoms with E-state index in [9.17, 15) is 4.79 Å². The molecular weight excluding hydrogens is 448 g/mol. The van der Waals surface area contributed by atoms with E-state index in [1.165, 1.54) is 10.3 Å². The summed E-state index contributed by atoms with van der Waals surface area (Å²) in [6.45, 7) is 7.62. The predicted octanol–water partition coefficient (Wildman–Crippen LogP) is 4.17. The second-order valence-corrected chi connectivity index (χ2v) is 9.04. The standard InChI is InChI=1S/C22H25BrN4OS/c1-2-16-6-5-9-19-20(16)25-22(29-19)27-14-12-26(13-15-27)11-10-24-21(28)17-7-3-4-8-18(17)23/h3-9H,2,10-15H2,1H3,(H,24,28). The number of fused-ring (bicyclic) bond motifs is 1. The van der Waals surface area contributed by atoms with E-state index < -0.39 is 0 Å². The van der Waals surface area contributed by atoms with E-state index in [-0.39, 0.29) is 5.91 Å². The Morgan fingerprint density at radius 2 is 1.93 bits per heavy atom. The Morgan fingerprint density at radius 1 is 1.14 bits per heavy atom. The highest BCUT2D eigenvalue weighted by atomic mass is 79.9. The zero-order valence-electron chi connectivity index (χ0n) is 16.5. The quantitative estimate of drug-likeness (QED) is 0.584. The van der Waals surface area contributed by atoms with Gasteiger partial charge in [-0.25, -0.2) is 4.98 Å². The number of benzene rings is 2. The lowest BCUT2D eigenvalue weighted by Crippen LogP contribution is -2.48. The van der Waals surface area contributed by atoms with Crippen LogP contribution in [0.5, 0.6) is 0 Å². The van der Waals surface area contributed by atoms with Crippen LogP contribution in [-0.2, 0) is 6.42 Å². The first-order chi connectivity index (χ1) is 14.2. The van der Waals surface area contributed by atoms with Crippen LogP contribution in [0.15, 0.2) is 46.9 Å². The van der Waals surface area contributed by atoms with Crippen LogP contribution in [-0.4, -0.2) is 55.1 Å². The number of piperazine rings is 1. The number of anilines is 1. The molecule has 1 aromatic heterocycles. The van der Waals surface area contributed by atoms with Crippen molar-refractivity contribution in [2.75, 3.05) is 44.2 Å². The number of nitrogens with one attached hydrogen (secondary N) is 1. The smallest absolute Gasteiger partial charge is 0.252 e. The highest BCUT2D eigenvalue weighted by Gasteiger charge is 2.20. The van der Waals surface area contributed by atoms with E-state index in [2.05, 4.69) is 56.2 Å². The Kier molecular flexibility index (Phi) is 6.47. The number of carbonyl (C=O) groups excluding carboxylic acids is 1. The molecule has 0 aliphatic carbocycles. The summed E-state index contributed by atoms with van der Waals surface area (Å²) < 4.78 is 2.10. The molecule has 7 heteroatoms. The molecule has 0 atom stereocenters. The summed E-state index contributed by atoms with van der Waals surface area (Å²) in [4.78, 5) is 22.0. The molecule has 5 nitrogen and oxygen atoms in total. The summed E-state index contributed by atoms with van der Waals surface area (Å²) in [6, 6.07) is 14.0. The summed E-state index contributed by atoms with van der Waals surface area (Å²) in [5, 5.41) is 4.15. The topological polar surface area (TPSA) is 48.5 Å². The maximum Gasteiger partial charge on any atom is 0.252 e. The first-order valence-electron chi connectivity index (χ1n) is 10.0. The third-order valence-corrected chi connectivity index (χ3v) is 7.12. The van der Waals surface area contributed by atoms with Crippen LogP contribution < -0.4 is 10.2 Å². The molecule has 152 valence electrons. The molecule has 4 rings (SSSR count). The van der Waals surface area contributed by atoms with Crippen molar-refractivity contribution in [3.05, 3.63) is 58.1 Å². The minimum absolute atomic E-state index is 0.0303. The Bertz CT molecular complexity index is 997. The normalized spacial score (nSPS) is 15.0. The molecule has 29 heavy (non-hydrogen) atoms. The van der Waals surface area contributed by atoms with Crippen LogP contribution >= 0.6 is 27.3 Å². The summed E-state index contributed by atoms with van der Waals surface area (Å²) in [6.07, 6.45) is 1.01. The Hall–Kier alpha value is -1.96. The number of halogens is 1. The fourth-order valence-corrected chi connectivity index (χ4v) is 5.18. The number of thiazole rings is 1. The van der Waals surface area contributed by atoms with Crippen molar-refractivity contribution >= 4 is 48.5 Å². The molecule has 0 unspecified atom stereocenters. The number of hydrogen-bond acceptors (Lipinski definition) is 5. The summed E-state index contributed by atoms with van der Waals surface area (Å²) in [7, 11) is 0. The third-order valence-electron chi connectivity index (χ3n) is 5.35. The van der Waals surface area contributed by atoms with Gasteiger partial charge in [-0.2, -0.15) is 0 Å². The summed E-state index contributed by atoms with van der Waals surface area (Å²) >= 11 is 5.22. The number of nitrogens with zero attached hydrogens (tertiary/aromatic N) is 3. The third kappa shape index (κ3) is 4.63. The molecule has 1 N–H and O–H groups in total. The van der Waals surface area contributed by atoms with Gasteiger partial charge in [0, 0.05) is 43.7 Å². The number of amides is 1. The minimum atomic E-state index is -0.0303. The molecule has 1 amide bonds. The second-order valence-electron chi connectivity index (χ2n) is 7.18. The average molecular weight is 473 g/mol. The molecule has 1 fully saturated rings.